The average molecular weight is 325 g/mol. The standard InChI is InChI=1S/C18H16FN3O2/c1-22-18(13-3-5-14(19)6-4-13)17(12-7-9-20-10-8-12)15(21-22)11-16(23)24-2/h3-10H,11H2,1-2H3. The van der Waals surface area contributed by atoms with Gasteiger partial charge in [-0.05, 0) is 42.0 Å². The number of aromatic nitrogens is 3. The second-order valence-electron chi connectivity index (χ2n) is 5.29. The zero-order chi connectivity index (χ0) is 17.1. The molecule has 1 aromatic carbocycles. The first-order chi connectivity index (χ1) is 11.6. The third-order valence-electron chi connectivity index (χ3n) is 3.75. The number of hydrogen-bond donors (Lipinski definition) is 0. The third kappa shape index (κ3) is 3.03. The van der Waals surface area contributed by atoms with Gasteiger partial charge in [-0.25, -0.2) is 4.39 Å². The van der Waals surface area contributed by atoms with Crippen LogP contribution in [0, 0.1) is 5.82 Å². The largest absolute Gasteiger partial charge is 0.469 e. The number of ether oxygens (including phenoxy) is 1. The number of pyridine rings is 1. The van der Waals surface area contributed by atoms with Crippen molar-refractivity contribution in [1.82, 2.24) is 14.8 Å². The van der Waals surface area contributed by atoms with Gasteiger partial charge in [-0.1, -0.05) is 0 Å². The highest BCUT2D eigenvalue weighted by Crippen LogP contribution is 2.35. The highest BCUT2D eigenvalue weighted by atomic mass is 19.1. The number of esters is 1. The van der Waals surface area contributed by atoms with Crippen LogP contribution in [0.4, 0.5) is 4.39 Å². The van der Waals surface area contributed by atoms with Gasteiger partial charge in [-0.15, -0.1) is 0 Å². The molecule has 24 heavy (non-hydrogen) atoms. The Labute approximate surface area is 138 Å². The molecule has 3 rings (SSSR count). The molecule has 0 aliphatic heterocycles. The minimum absolute atomic E-state index is 0.0587. The van der Waals surface area contributed by atoms with E-state index in [1.165, 1.54) is 19.2 Å². The van der Waals surface area contributed by atoms with E-state index in [9.17, 15) is 9.18 Å². The molecule has 0 aliphatic carbocycles. The lowest BCUT2D eigenvalue weighted by Gasteiger charge is -2.08. The van der Waals surface area contributed by atoms with E-state index >= 15 is 0 Å². The van der Waals surface area contributed by atoms with Crippen molar-refractivity contribution >= 4 is 5.97 Å². The van der Waals surface area contributed by atoms with Crippen molar-refractivity contribution in [1.29, 1.82) is 0 Å². The van der Waals surface area contributed by atoms with Gasteiger partial charge >= 0.3 is 5.97 Å². The van der Waals surface area contributed by atoms with E-state index in [4.69, 9.17) is 4.74 Å². The number of nitrogens with zero attached hydrogens (tertiary/aromatic N) is 3. The molecule has 2 heterocycles. The summed E-state index contributed by atoms with van der Waals surface area (Å²) in [5.74, 6) is -0.671. The normalized spacial score (nSPS) is 10.6. The van der Waals surface area contributed by atoms with Crippen LogP contribution in [-0.4, -0.2) is 27.8 Å². The molecule has 0 spiro atoms. The predicted octanol–water partition coefficient (Wildman–Crippen LogP) is 3.00. The van der Waals surface area contributed by atoms with Crippen LogP contribution in [0.15, 0.2) is 48.8 Å². The fraction of sp³-hybridized carbons (Fsp3) is 0.167. The van der Waals surface area contributed by atoms with Crippen molar-refractivity contribution in [2.75, 3.05) is 7.11 Å². The molecule has 0 atom stereocenters. The molecule has 122 valence electrons. The number of carbonyl (C=O) groups is 1. The van der Waals surface area contributed by atoms with E-state index in [2.05, 4.69) is 10.1 Å². The minimum atomic E-state index is -0.367. The summed E-state index contributed by atoms with van der Waals surface area (Å²) in [7, 11) is 3.14. The first-order valence-corrected chi connectivity index (χ1v) is 7.39. The summed E-state index contributed by atoms with van der Waals surface area (Å²) in [6.45, 7) is 0. The van der Waals surface area contributed by atoms with E-state index < -0.39 is 0 Å². The molecule has 0 bridgehead atoms. The molecule has 0 N–H and O–H groups in total. The highest BCUT2D eigenvalue weighted by Gasteiger charge is 2.21. The Morgan fingerprint density at radius 3 is 2.42 bits per heavy atom. The summed E-state index contributed by atoms with van der Waals surface area (Å²) in [6.07, 6.45) is 3.42. The number of benzene rings is 1. The Kier molecular flexibility index (Phi) is 4.37. The first kappa shape index (κ1) is 15.9. The zero-order valence-corrected chi connectivity index (χ0v) is 13.4. The summed E-state index contributed by atoms with van der Waals surface area (Å²) in [5.41, 5.74) is 3.93. The van der Waals surface area contributed by atoms with Crippen molar-refractivity contribution in [3.63, 3.8) is 0 Å². The second-order valence-corrected chi connectivity index (χ2v) is 5.29. The Balaban J connectivity index is 2.21. The van der Waals surface area contributed by atoms with Gasteiger partial charge in [0.05, 0.1) is 24.9 Å². The number of methoxy groups -OCH3 is 1. The maximum absolute atomic E-state index is 13.3. The lowest BCUT2D eigenvalue weighted by Crippen LogP contribution is -2.06. The van der Waals surface area contributed by atoms with Crippen LogP contribution in [0.5, 0.6) is 0 Å². The highest BCUT2D eigenvalue weighted by molar-refractivity contribution is 5.85. The quantitative estimate of drug-likeness (QED) is 0.692. The van der Waals surface area contributed by atoms with Crippen molar-refractivity contribution in [2.45, 2.75) is 6.42 Å². The minimum Gasteiger partial charge on any atom is -0.469 e. The smallest absolute Gasteiger partial charge is 0.311 e. The molecule has 6 heteroatoms. The summed E-state index contributed by atoms with van der Waals surface area (Å²) >= 11 is 0. The number of hydrogen-bond acceptors (Lipinski definition) is 4. The van der Waals surface area contributed by atoms with E-state index in [1.54, 1.807) is 36.3 Å². The Morgan fingerprint density at radius 1 is 1.12 bits per heavy atom. The van der Waals surface area contributed by atoms with Gasteiger partial charge in [0.25, 0.3) is 0 Å². The second kappa shape index (κ2) is 6.62. The number of carbonyl (C=O) groups excluding carboxylic acids is 1. The van der Waals surface area contributed by atoms with E-state index in [0.29, 0.717) is 5.69 Å². The van der Waals surface area contributed by atoms with Gasteiger partial charge in [0.2, 0.25) is 0 Å². The zero-order valence-electron chi connectivity index (χ0n) is 13.4. The van der Waals surface area contributed by atoms with Crippen LogP contribution in [0.3, 0.4) is 0 Å². The van der Waals surface area contributed by atoms with Crippen molar-refractivity contribution < 1.29 is 13.9 Å². The van der Waals surface area contributed by atoms with Gasteiger partial charge < -0.3 is 4.74 Å². The Bertz CT molecular complexity index is 858. The van der Waals surface area contributed by atoms with Crippen molar-refractivity contribution in [3.8, 4) is 22.4 Å². The van der Waals surface area contributed by atoms with Gasteiger partial charge in [0.1, 0.15) is 5.82 Å². The molecular weight excluding hydrogens is 309 g/mol. The lowest BCUT2D eigenvalue weighted by atomic mass is 9.98. The average Bonchev–Trinajstić information content (AvgIpc) is 2.92. The molecule has 3 aromatic rings. The fourth-order valence-corrected chi connectivity index (χ4v) is 2.67. The van der Waals surface area contributed by atoms with Crippen LogP contribution in [0.1, 0.15) is 5.69 Å². The molecule has 5 nitrogen and oxygen atoms in total. The number of halogens is 1. The third-order valence-corrected chi connectivity index (χ3v) is 3.75. The number of rotatable bonds is 4. The van der Waals surface area contributed by atoms with E-state index in [0.717, 1.165) is 22.4 Å². The Morgan fingerprint density at radius 2 is 1.79 bits per heavy atom. The summed E-state index contributed by atoms with van der Waals surface area (Å²) in [6, 6.07) is 9.89. The monoisotopic (exact) mass is 325 g/mol. The SMILES string of the molecule is COC(=O)Cc1nn(C)c(-c2ccc(F)cc2)c1-c1ccncc1. The van der Waals surface area contributed by atoms with Crippen LogP contribution in [-0.2, 0) is 23.0 Å². The van der Waals surface area contributed by atoms with E-state index in [1.807, 2.05) is 12.1 Å². The molecule has 2 aromatic heterocycles. The van der Waals surface area contributed by atoms with E-state index in [-0.39, 0.29) is 18.2 Å². The molecule has 0 amide bonds. The van der Waals surface area contributed by atoms with Crippen LogP contribution >= 0.6 is 0 Å². The number of aryl methyl sites for hydroxylation is 1. The predicted molar refractivity (Wildman–Crippen MR) is 87.6 cm³/mol. The van der Waals surface area contributed by atoms with Crippen molar-refractivity contribution in [3.05, 3.63) is 60.3 Å². The molecule has 0 fully saturated rings. The summed E-state index contributed by atoms with van der Waals surface area (Å²) in [5, 5.41) is 4.48. The molecule has 0 saturated heterocycles. The molecule has 0 unspecified atom stereocenters. The van der Waals surface area contributed by atoms with Crippen LogP contribution < -0.4 is 0 Å². The van der Waals surface area contributed by atoms with Gasteiger partial charge in [-0.3, -0.25) is 14.5 Å². The van der Waals surface area contributed by atoms with Crippen molar-refractivity contribution in [2.24, 2.45) is 7.05 Å². The lowest BCUT2D eigenvalue weighted by molar-refractivity contribution is -0.139. The van der Waals surface area contributed by atoms with Gasteiger partial charge in [0, 0.05) is 30.6 Å². The topological polar surface area (TPSA) is 57.0 Å². The molecule has 0 aliphatic rings. The van der Waals surface area contributed by atoms with Gasteiger partial charge in [0.15, 0.2) is 0 Å². The fourth-order valence-electron chi connectivity index (χ4n) is 2.67. The molecular formula is C18H16FN3O2. The first-order valence-electron chi connectivity index (χ1n) is 7.39. The Hall–Kier alpha value is -3.02. The maximum atomic E-state index is 13.3. The maximum Gasteiger partial charge on any atom is 0.311 e. The summed E-state index contributed by atoms with van der Waals surface area (Å²) in [4.78, 5) is 15.8. The van der Waals surface area contributed by atoms with Crippen LogP contribution in [0.25, 0.3) is 22.4 Å². The van der Waals surface area contributed by atoms with Gasteiger partial charge in [-0.2, -0.15) is 5.10 Å². The summed E-state index contributed by atoms with van der Waals surface area (Å²) < 4.78 is 19.7. The molecule has 0 saturated carbocycles. The van der Waals surface area contributed by atoms with Crippen LogP contribution in [0.2, 0.25) is 0 Å². The molecule has 0 radical (unpaired) electrons.